The third-order valence-corrected chi connectivity index (χ3v) is 2.84. The topological polar surface area (TPSA) is 47.3 Å². The molecule has 0 saturated carbocycles. The van der Waals surface area contributed by atoms with Gasteiger partial charge in [-0.3, -0.25) is 0 Å². The van der Waals surface area contributed by atoms with Crippen molar-refractivity contribution in [1.82, 2.24) is 0 Å². The maximum atomic E-state index is 13.7. The van der Waals surface area contributed by atoms with Crippen LogP contribution in [0, 0.1) is 11.6 Å². The number of nitrogens with one attached hydrogen (secondary N) is 1. The molecule has 0 radical (unpaired) electrons. The fourth-order valence-electron chi connectivity index (χ4n) is 1.71. The van der Waals surface area contributed by atoms with E-state index in [2.05, 4.69) is 17.5 Å². The molecule has 1 atom stereocenters. The maximum absolute atomic E-state index is 13.7. The summed E-state index contributed by atoms with van der Waals surface area (Å²) < 4.78 is 32.5. The smallest absolute Gasteiger partial charge is 0.150 e. The minimum Gasteiger partial charge on any atom is -0.389 e. The van der Waals surface area contributed by atoms with Gasteiger partial charge >= 0.3 is 0 Å². The monoisotopic (exact) mass is 258 g/mol. The van der Waals surface area contributed by atoms with Crippen molar-refractivity contribution in [2.24, 2.45) is 5.73 Å². The van der Waals surface area contributed by atoms with Gasteiger partial charge in [-0.05, 0) is 18.6 Å². The predicted molar refractivity (Wildman–Crippen MR) is 65.1 cm³/mol. The molecule has 1 aromatic rings. The van der Waals surface area contributed by atoms with Crippen LogP contribution in [0.25, 0.3) is 0 Å². The molecule has 1 heterocycles. The fourth-order valence-corrected chi connectivity index (χ4v) is 1.82. The summed E-state index contributed by atoms with van der Waals surface area (Å²) >= 11 is 4.67. The molecule has 0 aliphatic carbocycles. The number of ether oxygens (including phenoxy) is 1. The van der Waals surface area contributed by atoms with E-state index in [4.69, 9.17) is 10.5 Å². The molecule has 1 unspecified atom stereocenters. The zero-order chi connectivity index (χ0) is 12.4. The lowest BCUT2D eigenvalue weighted by Crippen LogP contribution is -2.21. The van der Waals surface area contributed by atoms with E-state index < -0.39 is 11.6 Å². The van der Waals surface area contributed by atoms with Gasteiger partial charge in [0.25, 0.3) is 0 Å². The van der Waals surface area contributed by atoms with E-state index in [1.807, 2.05) is 0 Å². The quantitative estimate of drug-likeness (QED) is 0.812. The third kappa shape index (κ3) is 2.70. The van der Waals surface area contributed by atoms with Crippen molar-refractivity contribution < 1.29 is 13.5 Å². The highest BCUT2D eigenvalue weighted by molar-refractivity contribution is 7.80. The second-order valence-electron chi connectivity index (χ2n) is 3.88. The van der Waals surface area contributed by atoms with Gasteiger partial charge in [0.1, 0.15) is 22.3 Å². The minimum atomic E-state index is -0.695. The lowest BCUT2D eigenvalue weighted by atomic mass is 10.1. The van der Waals surface area contributed by atoms with Gasteiger partial charge in [0.2, 0.25) is 0 Å². The van der Waals surface area contributed by atoms with Crippen LogP contribution in [-0.2, 0) is 4.74 Å². The van der Waals surface area contributed by atoms with Crippen molar-refractivity contribution in [1.29, 1.82) is 0 Å². The van der Waals surface area contributed by atoms with Gasteiger partial charge in [0.05, 0.1) is 12.6 Å². The Balaban J connectivity index is 2.24. The lowest BCUT2D eigenvalue weighted by molar-refractivity contribution is 0.195. The van der Waals surface area contributed by atoms with E-state index in [1.165, 1.54) is 0 Å². The van der Waals surface area contributed by atoms with Crippen LogP contribution in [0.15, 0.2) is 12.1 Å². The van der Waals surface area contributed by atoms with Gasteiger partial charge in [-0.25, -0.2) is 8.78 Å². The average molecular weight is 258 g/mol. The summed E-state index contributed by atoms with van der Waals surface area (Å²) in [6.45, 7) is 1.06. The highest BCUT2D eigenvalue weighted by atomic mass is 32.1. The number of anilines is 1. The Morgan fingerprint density at radius 3 is 2.53 bits per heavy atom. The SMILES string of the molecule is NC(=S)c1cc(F)c(NC2CCOC2)c(F)c1. The Morgan fingerprint density at radius 2 is 2.06 bits per heavy atom. The van der Waals surface area contributed by atoms with E-state index in [9.17, 15) is 8.78 Å². The number of halogens is 2. The summed E-state index contributed by atoms with van der Waals surface area (Å²) in [5.41, 5.74) is 5.35. The minimum absolute atomic E-state index is 0.0291. The molecule has 2 rings (SSSR count). The van der Waals surface area contributed by atoms with E-state index in [0.717, 1.165) is 18.6 Å². The molecular weight excluding hydrogens is 246 g/mol. The molecule has 0 bridgehead atoms. The number of rotatable bonds is 3. The summed E-state index contributed by atoms with van der Waals surface area (Å²) in [6, 6.07) is 2.20. The highest BCUT2D eigenvalue weighted by Gasteiger charge is 2.19. The van der Waals surface area contributed by atoms with Crippen LogP contribution < -0.4 is 11.1 Å². The first-order valence-corrected chi connectivity index (χ1v) is 5.62. The molecule has 0 aromatic heterocycles. The molecule has 1 aromatic carbocycles. The van der Waals surface area contributed by atoms with Crippen molar-refractivity contribution in [3.05, 3.63) is 29.3 Å². The molecule has 0 amide bonds. The van der Waals surface area contributed by atoms with Crippen LogP contribution in [-0.4, -0.2) is 24.2 Å². The lowest BCUT2D eigenvalue weighted by Gasteiger charge is -2.14. The predicted octanol–water partition coefficient (Wildman–Crippen LogP) is 1.80. The zero-order valence-corrected chi connectivity index (χ0v) is 9.82. The Labute approximate surface area is 103 Å². The van der Waals surface area contributed by atoms with Crippen LogP contribution in [0.4, 0.5) is 14.5 Å². The zero-order valence-electron chi connectivity index (χ0n) is 9.00. The van der Waals surface area contributed by atoms with Crippen molar-refractivity contribution >= 4 is 22.9 Å². The first-order valence-electron chi connectivity index (χ1n) is 5.21. The first kappa shape index (κ1) is 12.2. The standard InChI is InChI=1S/C11H12F2N2OS/c12-8-3-6(11(14)17)4-9(13)10(8)15-7-1-2-16-5-7/h3-4,7,15H,1-2,5H2,(H2,14,17). The number of benzene rings is 1. The van der Waals surface area contributed by atoms with E-state index >= 15 is 0 Å². The summed E-state index contributed by atoms with van der Waals surface area (Å²) in [5.74, 6) is -1.39. The van der Waals surface area contributed by atoms with Crippen molar-refractivity contribution in [2.75, 3.05) is 18.5 Å². The third-order valence-electron chi connectivity index (χ3n) is 2.60. The van der Waals surface area contributed by atoms with E-state index in [0.29, 0.717) is 13.2 Å². The largest absolute Gasteiger partial charge is 0.389 e. The number of hydrogen-bond acceptors (Lipinski definition) is 3. The van der Waals surface area contributed by atoms with Gasteiger partial charge in [-0.1, -0.05) is 12.2 Å². The fraction of sp³-hybridized carbons (Fsp3) is 0.364. The second kappa shape index (κ2) is 4.93. The van der Waals surface area contributed by atoms with Gasteiger partial charge in [0.15, 0.2) is 0 Å². The number of thiocarbonyl (C=S) groups is 1. The summed E-state index contributed by atoms with van der Waals surface area (Å²) in [5, 5.41) is 2.78. The first-order chi connectivity index (χ1) is 8.08. The summed E-state index contributed by atoms with van der Waals surface area (Å²) in [4.78, 5) is -0.0291. The Kier molecular flexibility index (Phi) is 3.54. The number of hydrogen-bond donors (Lipinski definition) is 2. The normalized spacial score (nSPS) is 19.3. The maximum Gasteiger partial charge on any atom is 0.150 e. The van der Waals surface area contributed by atoms with Gasteiger partial charge in [-0.15, -0.1) is 0 Å². The molecule has 1 aliphatic heterocycles. The van der Waals surface area contributed by atoms with E-state index in [1.54, 1.807) is 0 Å². The molecule has 3 N–H and O–H groups in total. The molecule has 3 nitrogen and oxygen atoms in total. The van der Waals surface area contributed by atoms with Crippen molar-refractivity contribution in [3.63, 3.8) is 0 Å². The molecule has 0 spiro atoms. The summed E-state index contributed by atoms with van der Waals surface area (Å²) in [6.07, 6.45) is 0.732. The molecule has 1 saturated heterocycles. The Morgan fingerprint density at radius 1 is 1.41 bits per heavy atom. The molecule has 1 fully saturated rings. The molecule has 92 valence electrons. The van der Waals surface area contributed by atoms with Gasteiger partial charge < -0.3 is 15.8 Å². The van der Waals surface area contributed by atoms with E-state index in [-0.39, 0.29) is 22.3 Å². The highest BCUT2D eigenvalue weighted by Crippen LogP contribution is 2.23. The Bertz CT molecular complexity index is 424. The van der Waals surface area contributed by atoms with Gasteiger partial charge in [0, 0.05) is 12.2 Å². The molecule has 1 aliphatic rings. The van der Waals surface area contributed by atoms with Crippen molar-refractivity contribution in [2.45, 2.75) is 12.5 Å². The van der Waals surface area contributed by atoms with Gasteiger partial charge in [-0.2, -0.15) is 0 Å². The summed E-state index contributed by atoms with van der Waals surface area (Å²) in [7, 11) is 0. The molecule has 17 heavy (non-hydrogen) atoms. The van der Waals surface area contributed by atoms with Crippen LogP contribution in [0.3, 0.4) is 0 Å². The van der Waals surface area contributed by atoms with Crippen molar-refractivity contribution in [3.8, 4) is 0 Å². The van der Waals surface area contributed by atoms with Crippen LogP contribution >= 0.6 is 12.2 Å². The Hall–Kier alpha value is -1.27. The molecular formula is C11H12F2N2OS. The van der Waals surface area contributed by atoms with Crippen LogP contribution in [0.5, 0.6) is 0 Å². The molecule has 6 heteroatoms. The number of nitrogens with two attached hydrogens (primary N) is 1. The average Bonchev–Trinajstić information content (AvgIpc) is 2.75. The van der Waals surface area contributed by atoms with Crippen LogP contribution in [0.1, 0.15) is 12.0 Å². The second-order valence-corrected chi connectivity index (χ2v) is 4.32. The van der Waals surface area contributed by atoms with Crippen LogP contribution in [0.2, 0.25) is 0 Å².